The molecule has 7 nitrogen and oxygen atoms in total. The fourth-order valence-corrected chi connectivity index (χ4v) is 2.14. The molecule has 2 heterocycles. The number of aromatic nitrogens is 2. The Kier molecular flexibility index (Phi) is 3.58. The predicted octanol–water partition coefficient (Wildman–Crippen LogP) is 1.32. The number of carbonyl (C=O) groups is 2. The van der Waals surface area contributed by atoms with Crippen LogP contribution in [0.15, 0.2) is 22.7 Å². The van der Waals surface area contributed by atoms with Crippen molar-refractivity contribution in [1.82, 2.24) is 20.8 Å². The van der Waals surface area contributed by atoms with Gasteiger partial charge < -0.3 is 9.84 Å². The topological polar surface area (TPSA) is 97.1 Å². The SMILES string of the molecule is Cc1ccc(-c2noc(CCC3NC(=O)NC3=O)n2)cc1F. The quantitative estimate of drug-likeness (QED) is 0.830. The summed E-state index contributed by atoms with van der Waals surface area (Å²) in [4.78, 5) is 26.6. The van der Waals surface area contributed by atoms with Gasteiger partial charge in [-0.05, 0) is 25.0 Å². The van der Waals surface area contributed by atoms with Crippen LogP contribution in [0.1, 0.15) is 17.9 Å². The molecular weight excluding hydrogens is 291 g/mol. The number of carbonyl (C=O) groups excluding carboxylic acids is 2. The van der Waals surface area contributed by atoms with E-state index in [9.17, 15) is 14.0 Å². The second-order valence-electron chi connectivity index (χ2n) is 5.03. The Morgan fingerprint density at radius 2 is 2.18 bits per heavy atom. The Bertz CT molecular complexity index is 743. The maximum absolute atomic E-state index is 13.5. The average molecular weight is 304 g/mol. The van der Waals surface area contributed by atoms with Gasteiger partial charge in [-0.1, -0.05) is 17.3 Å². The number of hydrogen-bond donors (Lipinski definition) is 2. The molecule has 114 valence electrons. The Hall–Kier alpha value is -2.77. The number of imide groups is 1. The molecular formula is C14H13FN4O3. The van der Waals surface area contributed by atoms with Crippen molar-refractivity contribution in [3.63, 3.8) is 0 Å². The first-order chi connectivity index (χ1) is 10.5. The van der Waals surface area contributed by atoms with Gasteiger partial charge in [-0.2, -0.15) is 4.98 Å². The monoisotopic (exact) mass is 304 g/mol. The van der Waals surface area contributed by atoms with E-state index in [-0.39, 0.29) is 17.5 Å². The van der Waals surface area contributed by atoms with Crippen molar-refractivity contribution in [2.24, 2.45) is 0 Å². The summed E-state index contributed by atoms with van der Waals surface area (Å²) >= 11 is 0. The molecule has 0 spiro atoms. The van der Waals surface area contributed by atoms with Crippen LogP contribution in [0.4, 0.5) is 9.18 Å². The van der Waals surface area contributed by atoms with E-state index in [0.29, 0.717) is 29.9 Å². The minimum atomic E-state index is -0.598. The molecule has 1 aliphatic heterocycles. The molecule has 2 N–H and O–H groups in total. The van der Waals surface area contributed by atoms with E-state index < -0.39 is 12.1 Å². The van der Waals surface area contributed by atoms with Crippen LogP contribution in [0.25, 0.3) is 11.4 Å². The summed E-state index contributed by atoms with van der Waals surface area (Å²) < 4.78 is 18.6. The van der Waals surface area contributed by atoms with E-state index in [0.717, 1.165) is 0 Å². The number of halogens is 1. The largest absolute Gasteiger partial charge is 0.339 e. The van der Waals surface area contributed by atoms with Gasteiger partial charge in [0.15, 0.2) is 0 Å². The van der Waals surface area contributed by atoms with Crippen LogP contribution >= 0.6 is 0 Å². The number of rotatable bonds is 4. The molecule has 0 radical (unpaired) electrons. The maximum atomic E-state index is 13.5. The number of amides is 3. The second kappa shape index (κ2) is 5.55. The lowest BCUT2D eigenvalue weighted by Gasteiger charge is -2.03. The first kappa shape index (κ1) is 14.2. The lowest BCUT2D eigenvalue weighted by Crippen LogP contribution is -2.29. The van der Waals surface area contributed by atoms with Gasteiger partial charge in [-0.25, -0.2) is 9.18 Å². The van der Waals surface area contributed by atoms with Crippen LogP contribution in [0.3, 0.4) is 0 Å². The zero-order valence-electron chi connectivity index (χ0n) is 11.7. The number of nitrogens with zero attached hydrogens (tertiary/aromatic N) is 2. The zero-order chi connectivity index (χ0) is 15.7. The smallest absolute Gasteiger partial charge is 0.322 e. The maximum Gasteiger partial charge on any atom is 0.322 e. The molecule has 1 fully saturated rings. The standard InChI is InChI=1S/C14H13FN4O3/c1-7-2-3-8(6-9(7)15)12-17-11(22-19-12)5-4-10-13(20)18-14(21)16-10/h2-3,6,10H,4-5H2,1H3,(H2,16,18,20,21). The summed E-state index contributed by atoms with van der Waals surface area (Å²) in [6.07, 6.45) is 0.682. The molecule has 1 aromatic carbocycles. The highest BCUT2D eigenvalue weighted by molar-refractivity contribution is 6.04. The summed E-state index contributed by atoms with van der Waals surface area (Å²) in [5.41, 5.74) is 1.06. The van der Waals surface area contributed by atoms with E-state index in [1.54, 1.807) is 19.1 Å². The van der Waals surface area contributed by atoms with Gasteiger partial charge in [0.05, 0.1) is 0 Å². The fourth-order valence-electron chi connectivity index (χ4n) is 2.14. The number of hydrogen-bond acceptors (Lipinski definition) is 5. The van der Waals surface area contributed by atoms with Gasteiger partial charge in [-0.3, -0.25) is 10.1 Å². The highest BCUT2D eigenvalue weighted by Crippen LogP contribution is 2.19. The molecule has 1 unspecified atom stereocenters. The van der Waals surface area contributed by atoms with E-state index in [2.05, 4.69) is 20.8 Å². The van der Waals surface area contributed by atoms with E-state index in [1.807, 2.05) is 0 Å². The minimum absolute atomic E-state index is 0.286. The minimum Gasteiger partial charge on any atom is -0.339 e. The third-order valence-electron chi connectivity index (χ3n) is 3.40. The summed E-state index contributed by atoms with van der Waals surface area (Å²) in [5, 5.41) is 8.43. The Labute approximate surface area is 124 Å². The van der Waals surface area contributed by atoms with Gasteiger partial charge in [-0.15, -0.1) is 0 Å². The lowest BCUT2D eigenvalue weighted by molar-refractivity contribution is -0.120. The third kappa shape index (κ3) is 2.80. The summed E-state index contributed by atoms with van der Waals surface area (Å²) in [6, 6.07) is 3.58. The molecule has 1 saturated heterocycles. The number of benzene rings is 1. The predicted molar refractivity (Wildman–Crippen MR) is 73.2 cm³/mol. The molecule has 0 aliphatic carbocycles. The highest BCUT2D eigenvalue weighted by Gasteiger charge is 2.29. The van der Waals surface area contributed by atoms with Crippen molar-refractivity contribution in [3.05, 3.63) is 35.5 Å². The van der Waals surface area contributed by atoms with Gasteiger partial charge in [0.1, 0.15) is 11.9 Å². The van der Waals surface area contributed by atoms with Gasteiger partial charge in [0.25, 0.3) is 5.91 Å². The fraction of sp³-hybridized carbons (Fsp3) is 0.286. The van der Waals surface area contributed by atoms with Crippen molar-refractivity contribution in [3.8, 4) is 11.4 Å². The Balaban J connectivity index is 1.67. The van der Waals surface area contributed by atoms with Gasteiger partial charge >= 0.3 is 6.03 Å². The summed E-state index contributed by atoms with van der Waals surface area (Å²) in [5.74, 6) is -0.0988. The summed E-state index contributed by atoms with van der Waals surface area (Å²) in [6.45, 7) is 1.67. The molecule has 3 amide bonds. The van der Waals surface area contributed by atoms with Crippen LogP contribution in [-0.2, 0) is 11.2 Å². The van der Waals surface area contributed by atoms with Crippen LogP contribution in [0, 0.1) is 12.7 Å². The van der Waals surface area contributed by atoms with Gasteiger partial charge in [0, 0.05) is 12.0 Å². The van der Waals surface area contributed by atoms with Gasteiger partial charge in [0.2, 0.25) is 11.7 Å². The summed E-state index contributed by atoms with van der Waals surface area (Å²) in [7, 11) is 0. The molecule has 8 heteroatoms. The van der Waals surface area contributed by atoms with Crippen LogP contribution in [0.5, 0.6) is 0 Å². The second-order valence-corrected chi connectivity index (χ2v) is 5.03. The van der Waals surface area contributed by atoms with E-state index in [1.165, 1.54) is 6.07 Å². The Morgan fingerprint density at radius 1 is 1.36 bits per heavy atom. The highest BCUT2D eigenvalue weighted by atomic mass is 19.1. The zero-order valence-corrected chi connectivity index (χ0v) is 11.7. The van der Waals surface area contributed by atoms with Crippen molar-refractivity contribution >= 4 is 11.9 Å². The van der Waals surface area contributed by atoms with E-state index >= 15 is 0 Å². The average Bonchev–Trinajstić information content (AvgIpc) is 3.06. The molecule has 0 bridgehead atoms. The molecule has 3 rings (SSSR count). The van der Waals surface area contributed by atoms with Crippen LogP contribution in [-0.4, -0.2) is 28.1 Å². The number of urea groups is 1. The molecule has 1 aliphatic rings. The first-order valence-corrected chi connectivity index (χ1v) is 6.73. The van der Waals surface area contributed by atoms with Crippen molar-refractivity contribution in [2.45, 2.75) is 25.8 Å². The number of nitrogens with one attached hydrogen (secondary N) is 2. The molecule has 0 saturated carbocycles. The van der Waals surface area contributed by atoms with Crippen molar-refractivity contribution < 1.29 is 18.5 Å². The normalized spacial score (nSPS) is 17.5. The van der Waals surface area contributed by atoms with Crippen molar-refractivity contribution in [2.75, 3.05) is 0 Å². The molecule has 1 atom stereocenters. The Morgan fingerprint density at radius 3 is 2.86 bits per heavy atom. The van der Waals surface area contributed by atoms with Crippen molar-refractivity contribution in [1.29, 1.82) is 0 Å². The van der Waals surface area contributed by atoms with E-state index in [4.69, 9.17) is 4.52 Å². The lowest BCUT2D eigenvalue weighted by atomic mass is 10.1. The molecule has 1 aromatic heterocycles. The third-order valence-corrected chi connectivity index (χ3v) is 3.40. The number of aryl methyl sites for hydroxylation is 2. The molecule has 2 aromatic rings. The first-order valence-electron chi connectivity index (χ1n) is 6.73. The molecule has 22 heavy (non-hydrogen) atoms. The van der Waals surface area contributed by atoms with Crippen LogP contribution in [0.2, 0.25) is 0 Å². The van der Waals surface area contributed by atoms with Crippen LogP contribution < -0.4 is 10.6 Å².